The molecule has 0 aliphatic carbocycles. The Morgan fingerprint density at radius 1 is 1.43 bits per heavy atom. The maximum Gasteiger partial charge on any atom is 0.259 e. The first kappa shape index (κ1) is 15.6. The van der Waals surface area contributed by atoms with Gasteiger partial charge in [0.1, 0.15) is 11.3 Å². The Labute approximate surface area is 139 Å². The van der Waals surface area contributed by atoms with Gasteiger partial charge in [-0.15, -0.1) is 0 Å². The molecule has 5 nitrogen and oxygen atoms in total. The van der Waals surface area contributed by atoms with Gasteiger partial charge >= 0.3 is 0 Å². The summed E-state index contributed by atoms with van der Waals surface area (Å²) in [5.41, 5.74) is 1.36. The van der Waals surface area contributed by atoms with Gasteiger partial charge in [-0.05, 0) is 12.1 Å². The molecular formula is C17H17ClN2O3. The Morgan fingerprint density at radius 3 is 3.00 bits per heavy atom. The second-order valence-electron chi connectivity index (χ2n) is 5.32. The largest absolute Gasteiger partial charge is 0.493 e. The molecule has 1 aliphatic heterocycles. The molecule has 0 N–H and O–H groups in total. The third-order valence-electron chi connectivity index (χ3n) is 3.96. The molecule has 0 saturated carbocycles. The minimum Gasteiger partial charge on any atom is -0.493 e. The molecule has 0 fully saturated rings. The van der Waals surface area contributed by atoms with Crippen molar-refractivity contribution in [3.8, 4) is 11.6 Å². The van der Waals surface area contributed by atoms with E-state index < -0.39 is 0 Å². The number of nitrogens with zero attached hydrogens (tertiary/aromatic N) is 2. The third kappa shape index (κ3) is 2.97. The maximum atomic E-state index is 12.9. The molecule has 0 spiro atoms. The number of ether oxygens (including phenoxy) is 2. The molecule has 0 radical (unpaired) electrons. The van der Waals surface area contributed by atoms with Crippen LogP contribution in [0.1, 0.15) is 28.4 Å². The summed E-state index contributed by atoms with van der Waals surface area (Å²) < 4.78 is 10.8. The predicted octanol–water partition coefficient (Wildman–Crippen LogP) is 3.34. The van der Waals surface area contributed by atoms with Crippen molar-refractivity contribution in [3.63, 3.8) is 0 Å². The summed E-state index contributed by atoms with van der Waals surface area (Å²) in [7, 11) is 3.26. The highest BCUT2D eigenvalue weighted by molar-refractivity contribution is 6.30. The lowest BCUT2D eigenvalue weighted by atomic mass is 9.98. The highest BCUT2D eigenvalue weighted by Crippen LogP contribution is 2.36. The fraction of sp³-hybridized carbons (Fsp3) is 0.294. The molecule has 1 atom stereocenters. The van der Waals surface area contributed by atoms with E-state index in [-0.39, 0.29) is 17.8 Å². The van der Waals surface area contributed by atoms with Crippen molar-refractivity contribution in [2.75, 3.05) is 20.8 Å². The lowest BCUT2D eigenvalue weighted by molar-refractivity contribution is 0.0682. The average Bonchev–Trinajstić information content (AvgIpc) is 2.60. The molecule has 2 aromatic rings. The number of amides is 1. The van der Waals surface area contributed by atoms with Gasteiger partial charge < -0.3 is 14.4 Å². The number of fused-ring (bicyclic) bond motifs is 1. The van der Waals surface area contributed by atoms with Gasteiger partial charge in [0.05, 0.1) is 24.8 Å². The van der Waals surface area contributed by atoms with Gasteiger partial charge in [0.25, 0.3) is 5.91 Å². The highest BCUT2D eigenvalue weighted by Gasteiger charge is 2.29. The minimum atomic E-state index is -0.182. The summed E-state index contributed by atoms with van der Waals surface area (Å²) in [6, 6.07) is 9.29. The number of hydrogen-bond donors (Lipinski definition) is 0. The first-order chi connectivity index (χ1) is 11.1. The number of para-hydroxylation sites is 1. The van der Waals surface area contributed by atoms with Crippen LogP contribution in [0.15, 0.2) is 36.5 Å². The fourth-order valence-corrected chi connectivity index (χ4v) is 2.96. The van der Waals surface area contributed by atoms with Crippen molar-refractivity contribution < 1.29 is 14.3 Å². The molecule has 23 heavy (non-hydrogen) atoms. The van der Waals surface area contributed by atoms with Crippen molar-refractivity contribution in [3.05, 3.63) is 52.7 Å². The number of carbonyl (C=O) groups is 1. The topological polar surface area (TPSA) is 51.7 Å². The molecule has 3 rings (SSSR count). The second-order valence-corrected chi connectivity index (χ2v) is 5.75. The van der Waals surface area contributed by atoms with Crippen LogP contribution in [0.4, 0.5) is 0 Å². The van der Waals surface area contributed by atoms with Crippen molar-refractivity contribution in [2.45, 2.75) is 12.5 Å². The maximum absolute atomic E-state index is 12.9. The molecule has 6 heteroatoms. The lowest BCUT2D eigenvalue weighted by Gasteiger charge is -2.33. The minimum absolute atomic E-state index is 0.0591. The molecule has 1 aromatic heterocycles. The van der Waals surface area contributed by atoms with Gasteiger partial charge in [-0.1, -0.05) is 29.8 Å². The lowest BCUT2D eigenvalue weighted by Crippen LogP contribution is -2.34. The molecule has 2 heterocycles. The quantitative estimate of drug-likeness (QED) is 0.865. The zero-order valence-electron chi connectivity index (χ0n) is 13.0. The zero-order chi connectivity index (χ0) is 16.4. The summed E-state index contributed by atoms with van der Waals surface area (Å²) >= 11 is 5.98. The van der Waals surface area contributed by atoms with E-state index in [1.165, 1.54) is 13.3 Å². The standard InChI is InChI=1S/C17H17ClN2O3/c1-20(14-7-8-23-15-6-4-3-5-12(14)15)17(21)13-9-11(18)10-19-16(13)22-2/h3-6,9-10,14H,7-8H2,1-2H3/t14-/m1/s1. The van der Waals surface area contributed by atoms with Gasteiger partial charge in [0.15, 0.2) is 0 Å². The predicted molar refractivity (Wildman–Crippen MR) is 87.2 cm³/mol. The number of methoxy groups -OCH3 is 1. The van der Waals surface area contributed by atoms with Crippen LogP contribution in [-0.4, -0.2) is 36.6 Å². The van der Waals surface area contributed by atoms with Crippen LogP contribution in [0.5, 0.6) is 11.6 Å². The van der Waals surface area contributed by atoms with Crippen LogP contribution < -0.4 is 9.47 Å². The number of hydrogen-bond acceptors (Lipinski definition) is 4. The van der Waals surface area contributed by atoms with Gasteiger partial charge in [-0.2, -0.15) is 0 Å². The van der Waals surface area contributed by atoms with Gasteiger partial charge in [0, 0.05) is 25.2 Å². The summed E-state index contributed by atoms with van der Waals surface area (Å²) in [5.74, 6) is 0.907. The molecule has 120 valence electrons. The summed E-state index contributed by atoms with van der Waals surface area (Å²) in [4.78, 5) is 18.6. The molecular weight excluding hydrogens is 316 g/mol. The Balaban J connectivity index is 1.94. The van der Waals surface area contributed by atoms with Crippen LogP contribution in [0, 0.1) is 0 Å². The van der Waals surface area contributed by atoms with Crippen LogP contribution in [-0.2, 0) is 0 Å². The number of benzene rings is 1. The Morgan fingerprint density at radius 2 is 2.22 bits per heavy atom. The van der Waals surface area contributed by atoms with E-state index in [0.29, 0.717) is 17.2 Å². The van der Waals surface area contributed by atoms with E-state index in [1.54, 1.807) is 18.0 Å². The van der Waals surface area contributed by atoms with E-state index in [0.717, 1.165) is 17.7 Å². The Kier molecular flexibility index (Phi) is 4.39. The molecule has 0 bridgehead atoms. The number of carbonyl (C=O) groups excluding carboxylic acids is 1. The van der Waals surface area contributed by atoms with Crippen molar-refractivity contribution >= 4 is 17.5 Å². The van der Waals surface area contributed by atoms with Gasteiger partial charge in [-0.25, -0.2) is 4.98 Å². The normalized spacial score (nSPS) is 16.2. The van der Waals surface area contributed by atoms with Gasteiger partial charge in [0.2, 0.25) is 5.88 Å². The van der Waals surface area contributed by atoms with Crippen LogP contribution in [0.3, 0.4) is 0 Å². The Bertz CT molecular complexity index is 736. The van der Waals surface area contributed by atoms with Crippen LogP contribution in [0.2, 0.25) is 5.02 Å². The molecule has 1 aromatic carbocycles. The first-order valence-corrected chi connectivity index (χ1v) is 7.68. The Hall–Kier alpha value is -2.27. The SMILES string of the molecule is COc1ncc(Cl)cc1C(=O)N(C)[C@@H]1CCOc2ccccc21. The van der Waals surface area contributed by atoms with Crippen LogP contribution >= 0.6 is 11.6 Å². The average molecular weight is 333 g/mol. The fourth-order valence-electron chi connectivity index (χ4n) is 2.80. The van der Waals surface area contributed by atoms with E-state index in [9.17, 15) is 4.79 Å². The second kappa shape index (κ2) is 6.46. The molecule has 0 saturated heterocycles. The van der Waals surface area contributed by atoms with E-state index in [1.807, 2.05) is 24.3 Å². The van der Waals surface area contributed by atoms with E-state index in [2.05, 4.69) is 4.98 Å². The molecule has 1 aliphatic rings. The van der Waals surface area contributed by atoms with Crippen LogP contribution in [0.25, 0.3) is 0 Å². The number of aromatic nitrogens is 1. The van der Waals surface area contributed by atoms with Crippen molar-refractivity contribution in [1.82, 2.24) is 9.88 Å². The van der Waals surface area contributed by atoms with Gasteiger partial charge in [-0.3, -0.25) is 4.79 Å². The number of rotatable bonds is 3. The third-order valence-corrected chi connectivity index (χ3v) is 4.16. The van der Waals surface area contributed by atoms with E-state index in [4.69, 9.17) is 21.1 Å². The first-order valence-electron chi connectivity index (χ1n) is 7.30. The number of halogens is 1. The molecule has 1 amide bonds. The number of pyridine rings is 1. The summed E-state index contributed by atoms with van der Waals surface area (Å²) in [5, 5.41) is 0.398. The monoisotopic (exact) mass is 332 g/mol. The summed E-state index contributed by atoms with van der Waals surface area (Å²) in [6.45, 7) is 0.574. The van der Waals surface area contributed by atoms with E-state index >= 15 is 0 Å². The highest BCUT2D eigenvalue weighted by atomic mass is 35.5. The summed E-state index contributed by atoms with van der Waals surface area (Å²) in [6.07, 6.45) is 2.19. The molecule has 0 unspecified atom stereocenters. The smallest absolute Gasteiger partial charge is 0.259 e. The zero-order valence-corrected chi connectivity index (χ0v) is 13.7. The van der Waals surface area contributed by atoms with Crippen molar-refractivity contribution in [1.29, 1.82) is 0 Å². The van der Waals surface area contributed by atoms with Crippen molar-refractivity contribution in [2.24, 2.45) is 0 Å².